The van der Waals surface area contributed by atoms with Crippen LogP contribution in [0, 0.1) is 0 Å². The zero-order valence-electron chi connectivity index (χ0n) is 11.5. The van der Waals surface area contributed by atoms with Crippen LogP contribution in [0.25, 0.3) is 0 Å². The molecule has 0 saturated carbocycles. The standard InChI is InChI=1S/C14H19N5/c1-4-15-13-9-14(17-10-16-13)18-11-5-7-12(8-6-11)19(2)3/h5-10H,4H2,1-3H3,(H2,15,16,17,18). The normalized spacial score (nSPS) is 10.1. The van der Waals surface area contributed by atoms with Crippen LogP contribution in [-0.2, 0) is 0 Å². The van der Waals surface area contributed by atoms with Crippen molar-refractivity contribution in [2.24, 2.45) is 0 Å². The average molecular weight is 257 g/mol. The summed E-state index contributed by atoms with van der Waals surface area (Å²) in [6.45, 7) is 2.88. The van der Waals surface area contributed by atoms with Gasteiger partial charge in [-0.1, -0.05) is 0 Å². The molecule has 2 N–H and O–H groups in total. The molecule has 1 heterocycles. The molecule has 0 amide bonds. The Morgan fingerprint density at radius 1 is 1.05 bits per heavy atom. The van der Waals surface area contributed by atoms with Gasteiger partial charge in [0.1, 0.15) is 18.0 Å². The Morgan fingerprint density at radius 3 is 2.37 bits per heavy atom. The highest BCUT2D eigenvalue weighted by atomic mass is 15.1. The third kappa shape index (κ3) is 3.58. The number of rotatable bonds is 5. The van der Waals surface area contributed by atoms with Crippen LogP contribution in [0.4, 0.5) is 23.0 Å². The Bertz CT molecular complexity index is 522. The van der Waals surface area contributed by atoms with Crippen molar-refractivity contribution in [2.75, 3.05) is 36.2 Å². The van der Waals surface area contributed by atoms with E-state index >= 15 is 0 Å². The van der Waals surface area contributed by atoms with Crippen LogP contribution in [0.3, 0.4) is 0 Å². The van der Waals surface area contributed by atoms with Crippen molar-refractivity contribution < 1.29 is 0 Å². The van der Waals surface area contributed by atoms with Gasteiger partial charge in [-0.2, -0.15) is 0 Å². The molecule has 1 aromatic carbocycles. The molecule has 0 fully saturated rings. The minimum atomic E-state index is 0.781. The SMILES string of the molecule is CCNc1cc(Nc2ccc(N(C)C)cc2)ncn1. The van der Waals surface area contributed by atoms with E-state index in [2.05, 4.69) is 37.6 Å². The lowest BCUT2D eigenvalue weighted by molar-refractivity contribution is 1.11. The number of nitrogens with zero attached hydrogens (tertiary/aromatic N) is 3. The highest BCUT2D eigenvalue weighted by molar-refractivity contribution is 5.62. The first kappa shape index (κ1) is 13.1. The fourth-order valence-electron chi connectivity index (χ4n) is 1.69. The van der Waals surface area contributed by atoms with Crippen LogP contribution < -0.4 is 15.5 Å². The second-order valence-electron chi connectivity index (χ2n) is 4.39. The molecule has 0 bridgehead atoms. The summed E-state index contributed by atoms with van der Waals surface area (Å²) in [5.74, 6) is 1.61. The summed E-state index contributed by atoms with van der Waals surface area (Å²) in [7, 11) is 4.05. The molecule has 1 aromatic heterocycles. The largest absolute Gasteiger partial charge is 0.378 e. The molecule has 2 aromatic rings. The van der Waals surface area contributed by atoms with Gasteiger partial charge in [-0.3, -0.25) is 0 Å². The fraction of sp³-hybridized carbons (Fsp3) is 0.286. The van der Waals surface area contributed by atoms with E-state index in [-0.39, 0.29) is 0 Å². The van der Waals surface area contributed by atoms with E-state index in [0.29, 0.717) is 0 Å². The molecule has 19 heavy (non-hydrogen) atoms. The molecule has 0 spiro atoms. The van der Waals surface area contributed by atoms with E-state index in [1.807, 2.05) is 39.2 Å². The van der Waals surface area contributed by atoms with Gasteiger partial charge in [0, 0.05) is 38.1 Å². The fourth-order valence-corrected chi connectivity index (χ4v) is 1.69. The quantitative estimate of drug-likeness (QED) is 0.862. The molecule has 5 heteroatoms. The summed E-state index contributed by atoms with van der Waals surface area (Å²) in [5.41, 5.74) is 2.17. The Labute approximate surface area is 113 Å². The van der Waals surface area contributed by atoms with Crippen molar-refractivity contribution in [3.05, 3.63) is 36.7 Å². The zero-order chi connectivity index (χ0) is 13.7. The topological polar surface area (TPSA) is 53.1 Å². The Kier molecular flexibility index (Phi) is 4.18. The van der Waals surface area contributed by atoms with Gasteiger partial charge in [-0.25, -0.2) is 9.97 Å². The van der Waals surface area contributed by atoms with Gasteiger partial charge in [0.05, 0.1) is 0 Å². The van der Waals surface area contributed by atoms with E-state index < -0.39 is 0 Å². The summed E-state index contributed by atoms with van der Waals surface area (Å²) < 4.78 is 0. The second kappa shape index (κ2) is 6.04. The number of nitrogens with one attached hydrogen (secondary N) is 2. The van der Waals surface area contributed by atoms with Gasteiger partial charge < -0.3 is 15.5 Å². The number of benzene rings is 1. The van der Waals surface area contributed by atoms with Gasteiger partial charge in [0.2, 0.25) is 0 Å². The van der Waals surface area contributed by atoms with Gasteiger partial charge in [0.25, 0.3) is 0 Å². The van der Waals surface area contributed by atoms with Crippen LogP contribution in [-0.4, -0.2) is 30.6 Å². The van der Waals surface area contributed by atoms with Crippen LogP contribution in [0.5, 0.6) is 0 Å². The lowest BCUT2D eigenvalue weighted by Gasteiger charge is -2.13. The summed E-state index contributed by atoms with van der Waals surface area (Å²) in [5, 5.41) is 6.42. The van der Waals surface area contributed by atoms with E-state index in [1.54, 1.807) is 6.33 Å². The molecule has 0 aliphatic carbocycles. The number of hydrogen-bond donors (Lipinski definition) is 2. The number of aromatic nitrogens is 2. The zero-order valence-corrected chi connectivity index (χ0v) is 11.5. The molecule has 2 rings (SSSR count). The highest BCUT2D eigenvalue weighted by Gasteiger charge is 2.00. The Balaban J connectivity index is 2.10. The van der Waals surface area contributed by atoms with Gasteiger partial charge in [0.15, 0.2) is 0 Å². The molecule has 0 atom stereocenters. The molecule has 0 unspecified atom stereocenters. The Morgan fingerprint density at radius 2 is 1.74 bits per heavy atom. The van der Waals surface area contributed by atoms with Crippen molar-refractivity contribution in [3.63, 3.8) is 0 Å². The second-order valence-corrected chi connectivity index (χ2v) is 4.39. The molecule has 0 saturated heterocycles. The first-order chi connectivity index (χ1) is 9.19. The molecular formula is C14H19N5. The van der Waals surface area contributed by atoms with E-state index in [9.17, 15) is 0 Å². The van der Waals surface area contributed by atoms with Crippen LogP contribution >= 0.6 is 0 Å². The van der Waals surface area contributed by atoms with E-state index in [4.69, 9.17) is 0 Å². The summed E-state index contributed by atoms with van der Waals surface area (Å²) in [6, 6.07) is 10.1. The van der Waals surface area contributed by atoms with Crippen LogP contribution in [0.15, 0.2) is 36.7 Å². The molecule has 100 valence electrons. The first-order valence-electron chi connectivity index (χ1n) is 6.29. The van der Waals surface area contributed by atoms with E-state index in [0.717, 1.165) is 23.9 Å². The van der Waals surface area contributed by atoms with Crippen molar-refractivity contribution in [1.29, 1.82) is 0 Å². The maximum absolute atomic E-state index is 4.20. The highest BCUT2D eigenvalue weighted by Crippen LogP contribution is 2.19. The predicted molar refractivity (Wildman–Crippen MR) is 80.2 cm³/mol. The smallest absolute Gasteiger partial charge is 0.135 e. The number of anilines is 4. The summed E-state index contributed by atoms with van der Waals surface area (Å²) in [4.78, 5) is 10.4. The van der Waals surface area contributed by atoms with Gasteiger partial charge in [-0.15, -0.1) is 0 Å². The van der Waals surface area contributed by atoms with Crippen LogP contribution in [0.1, 0.15) is 6.92 Å². The summed E-state index contributed by atoms with van der Waals surface area (Å²) in [6.07, 6.45) is 1.55. The maximum atomic E-state index is 4.20. The van der Waals surface area contributed by atoms with Crippen molar-refractivity contribution in [1.82, 2.24) is 9.97 Å². The van der Waals surface area contributed by atoms with Crippen molar-refractivity contribution in [2.45, 2.75) is 6.92 Å². The van der Waals surface area contributed by atoms with Crippen LogP contribution in [0.2, 0.25) is 0 Å². The predicted octanol–water partition coefficient (Wildman–Crippen LogP) is 2.72. The molecular weight excluding hydrogens is 238 g/mol. The maximum Gasteiger partial charge on any atom is 0.135 e. The minimum absolute atomic E-state index is 0.781. The third-order valence-corrected chi connectivity index (χ3v) is 2.68. The number of hydrogen-bond acceptors (Lipinski definition) is 5. The van der Waals surface area contributed by atoms with Gasteiger partial charge in [-0.05, 0) is 31.2 Å². The molecule has 0 aliphatic rings. The first-order valence-corrected chi connectivity index (χ1v) is 6.29. The third-order valence-electron chi connectivity index (χ3n) is 2.68. The summed E-state index contributed by atoms with van der Waals surface area (Å²) >= 11 is 0. The monoisotopic (exact) mass is 257 g/mol. The van der Waals surface area contributed by atoms with Crippen molar-refractivity contribution in [3.8, 4) is 0 Å². The molecule has 5 nitrogen and oxygen atoms in total. The molecule has 0 aliphatic heterocycles. The average Bonchev–Trinajstić information content (AvgIpc) is 2.40. The lowest BCUT2D eigenvalue weighted by Crippen LogP contribution is -2.08. The van der Waals surface area contributed by atoms with Crippen molar-refractivity contribution >= 4 is 23.0 Å². The van der Waals surface area contributed by atoms with Gasteiger partial charge >= 0.3 is 0 Å². The van der Waals surface area contributed by atoms with E-state index in [1.165, 1.54) is 5.69 Å². The Hall–Kier alpha value is -2.30. The molecule has 0 radical (unpaired) electrons. The minimum Gasteiger partial charge on any atom is -0.378 e. The lowest BCUT2D eigenvalue weighted by atomic mass is 10.2.